The van der Waals surface area contributed by atoms with Gasteiger partial charge in [-0.1, -0.05) is 0 Å². The highest BCUT2D eigenvalue weighted by Crippen LogP contribution is 2.23. The molecule has 0 amide bonds. The SMILES string of the molecule is FC=CC(F)C(F)(F)F. The van der Waals surface area contributed by atoms with Crippen molar-refractivity contribution < 1.29 is 22.0 Å². The van der Waals surface area contributed by atoms with Crippen LogP contribution in [-0.4, -0.2) is 12.3 Å². The van der Waals surface area contributed by atoms with E-state index >= 15 is 0 Å². The van der Waals surface area contributed by atoms with E-state index in [-0.39, 0.29) is 6.08 Å². The van der Waals surface area contributed by atoms with Crippen molar-refractivity contribution in [1.82, 2.24) is 0 Å². The van der Waals surface area contributed by atoms with Gasteiger partial charge in [-0.2, -0.15) is 13.2 Å². The fraction of sp³-hybridized carbons (Fsp3) is 0.500. The molecule has 0 nitrogen and oxygen atoms in total. The van der Waals surface area contributed by atoms with Crippen molar-refractivity contribution >= 4 is 0 Å². The molecule has 0 spiro atoms. The van der Waals surface area contributed by atoms with Crippen LogP contribution in [0.15, 0.2) is 12.4 Å². The molecule has 1 atom stereocenters. The molecule has 0 aliphatic rings. The molecule has 0 aliphatic heterocycles. The molecule has 0 saturated heterocycles. The molecule has 0 fully saturated rings. The van der Waals surface area contributed by atoms with Gasteiger partial charge in [-0.3, -0.25) is 0 Å². The average Bonchev–Trinajstić information content (AvgIpc) is 1.64. The Morgan fingerprint density at radius 1 is 1.22 bits per heavy atom. The Morgan fingerprint density at radius 2 is 1.67 bits per heavy atom. The van der Waals surface area contributed by atoms with E-state index in [1.807, 2.05) is 0 Å². The van der Waals surface area contributed by atoms with Gasteiger partial charge in [-0.05, 0) is 6.08 Å². The summed E-state index contributed by atoms with van der Waals surface area (Å²) in [6.45, 7) is 0. The van der Waals surface area contributed by atoms with Crippen LogP contribution in [0.1, 0.15) is 0 Å². The van der Waals surface area contributed by atoms with Crippen molar-refractivity contribution in [2.75, 3.05) is 0 Å². The van der Waals surface area contributed by atoms with Gasteiger partial charge >= 0.3 is 6.18 Å². The van der Waals surface area contributed by atoms with Gasteiger partial charge in [0.2, 0.25) is 6.17 Å². The second-order valence-electron chi connectivity index (χ2n) is 1.26. The first-order chi connectivity index (χ1) is 3.98. The molecule has 0 rings (SSSR count). The minimum Gasteiger partial charge on any atom is -0.233 e. The quantitative estimate of drug-likeness (QED) is 0.498. The van der Waals surface area contributed by atoms with Gasteiger partial charge in [-0.25, -0.2) is 8.78 Å². The number of hydrogen-bond acceptors (Lipinski definition) is 0. The Balaban J connectivity index is 3.88. The van der Waals surface area contributed by atoms with E-state index < -0.39 is 18.7 Å². The van der Waals surface area contributed by atoms with Gasteiger partial charge < -0.3 is 0 Å². The van der Waals surface area contributed by atoms with Crippen LogP contribution in [0.3, 0.4) is 0 Å². The molecule has 0 N–H and O–H groups in total. The average molecular weight is 146 g/mol. The zero-order valence-electron chi connectivity index (χ0n) is 4.12. The van der Waals surface area contributed by atoms with Gasteiger partial charge in [-0.15, -0.1) is 0 Å². The highest BCUT2D eigenvalue weighted by molar-refractivity contribution is 4.87. The maximum atomic E-state index is 11.5. The molecule has 0 saturated carbocycles. The van der Waals surface area contributed by atoms with E-state index in [9.17, 15) is 22.0 Å². The lowest BCUT2D eigenvalue weighted by molar-refractivity contribution is -0.166. The summed E-state index contributed by atoms with van der Waals surface area (Å²) in [5.74, 6) is 0. The lowest BCUT2D eigenvalue weighted by Gasteiger charge is -2.05. The minimum atomic E-state index is -4.98. The highest BCUT2D eigenvalue weighted by Gasteiger charge is 2.38. The second kappa shape index (κ2) is 2.80. The van der Waals surface area contributed by atoms with E-state index in [2.05, 4.69) is 0 Å². The van der Waals surface area contributed by atoms with Crippen molar-refractivity contribution in [3.63, 3.8) is 0 Å². The molecule has 5 heteroatoms. The van der Waals surface area contributed by atoms with Crippen molar-refractivity contribution in [2.45, 2.75) is 12.3 Å². The molecule has 0 aromatic heterocycles. The largest absolute Gasteiger partial charge is 0.423 e. The molecule has 1 unspecified atom stereocenters. The summed E-state index contributed by atoms with van der Waals surface area (Å²) in [4.78, 5) is 0. The van der Waals surface area contributed by atoms with Crippen LogP contribution in [0.2, 0.25) is 0 Å². The smallest absolute Gasteiger partial charge is 0.233 e. The van der Waals surface area contributed by atoms with Crippen molar-refractivity contribution in [2.24, 2.45) is 0 Å². The Kier molecular flexibility index (Phi) is 2.61. The maximum absolute atomic E-state index is 11.5. The van der Waals surface area contributed by atoms with Crippen LogP contribution in [-0.2, 0) is 0 Å². The molecule has 0 radical (unpaired) electrons. The number of rotatable bonds is 1. The molecule has 0 aromatic carbocycles. The highest BCUT2D eigenvalue weighted by atomic mass is 19.4. The lowest BCUT2D eigenvalue weighted by atomic mass is 10.4. The second-order valence-corrected chi connectivity index (χ2v) is 1.26. The van der Waals surface area contributed by atoms with Crippen LogP contribution in [0.5, 0.6) is 0 Å². The van der Waals surface area contributed by atoms with Crippen molar-refractivity contribution in [3.05, 3.63) is 12.4 Å². The third kappa shape index (κ3) is 3.05. The summed E-state index contributed by atoms with van der Waals surface area (Å²) < 4.78 is 55.4. The fourth-order valence-corrected chi connectivity index (χ4v) is 0.173. The third-order valence-corrected chi connectivity index (χ3v) is 0.554. The van der Waals surface area contributed by atoms with Gasteiger partial charge in [0.25, 0.3) is 0 Å². The van der Waals surface area contributed by atoms with Gasteiger partial charge in [0.1, 0.15) is 0 Å². The zero-order valence-corrected chi connectivity index (χ0v) is 4.12. The van der Waals surface area contributed by atoms with Crippen molar-refractivity contribution in [1.29, 1.82) is 0 Å². The van der Waals surface area contributed by atoms with Crippen LogP contribution < -0.4 is 0 Å². The summed E-state index contributed by atoms with van der Waals surface area (Å²) in [6.07, 6.45) is -8.86. The minimum absolute atomic E-state index is 0.208. The first kappa shape index (κ1) is 8.39. The molecular formula is C4H3F5. The summed E-state index contributed by atoms with van der Waals surface area (Å²) in [5.41, 5.74) is 0. The Labute approximate surface area is 48.0 Å². The predicted molar refractivity (Wildman–Crippen MR) is 21.2 cm³/mol. The molecular weight excluding hydrogens is 143 g/mol. The third-order valence-electron chi connectivity index (χ3n) is 0.554. The Hall–Kier alpha value is -0.610. The maximum Gasteiger partial charge on any atom is 0.423 e. The molecule has 0 aliphatic carbocycles. The molecule has 0 heterocycles. The van der Waals surface area contributed by atoms with Crippen LogP contribution in [0.25, 0.3) is 0 Å². The summed E-state index contributed by atoms with van der Waals surface area (Å²) >= 11 is 0. The first-order valence-corrected chi connectivity index (χ1v) is 1.96. The first-order valence-electron chi connectivity index (χ1n) is 1.96. The summed E-state index contributed by atoms with van der Waals surface area (Å²) in [5, 5.41) is 0. The number of allylic oxidation sites excluding steroid dienone is 1. The molecule has 0 bridgehead atoms. The summed E-state index contributed by atoms with van der Waals surface area (Å²) in [7, 11) is 0. The van der Waals surface area contributed by atoms with Crippen LogP contribution in [0.4, 0.5) is 22.0 Å². The molecule has 9 heavy (non-hydrogen) atoms. The van der Waals surface area contributed by atoms with E-state index in [0.29, 0.717) is 0 Å². The standard InChI is InChI=1S/C4H3F5/c5-2-1-3(6)4(7,8)9/h1-3H. The zero-order chi connectivity index (χ0) is 7.49. The van der Waals surface area contributed by atoms with Crippen molar-refractivity contribution in [3.8, 4) is 0 Å². The summed E-state index contributed by atoms with van der Waals surface area (Å²) in [6, 6.07) is 0. The Bertz CT molecular complexity index is 102. The molecule has 0 aromatic rings. The monoisotopic (exact) mass is 146 g/mol. The van der Waals surface area contributed by atoms with E-state index in [4.69, 9.17) is 0 Å². The topological polar surface area (TPSA) is 0 Å². The van der Waals surface area contributed by atoms with E-state index in [1.165, 1.54) is 0 Å². The number of alkyl halides is 4. The van der Waals surface area contributed by atoms with Crippen LogP contribution in [0, 0.1) is 0 Å². The predicted octanol–water partition coefficient (Wildman–Crippen LogP) is 2.37. The number of hydrogen-bond donors (Lipinski definition) is 0. The van der Waals surface area contributed by atoms with Gasteiger partial charge in [0.15, 0.2) is 0 Å². The van der Waals surface area contributed by atoms with Gasteiger partial charge in [0.05, 0.1) is 6.33 Å². The normalized spacial score (nSPS) is 16.6. The Morgan fingerprint density at radius 3 is 1.78 bits per heavy atom. The lowest BCUT2D eigenvalue weighted by Crippen LogP contribution is -2.21. The molecule has 54 valence electrons. The number of halogens is 5. The van der Waals surface area contributed by atoms with Gasteiger partial charge in [0, 0.05) is 0 Å². The fourth-order valence-electron chi connectivity index (χ4n) is 0.173. The van der Waals surface area contributed by atoms with E-state index in [0.717, 1.165) is 0 Å². The van der Waals surface area contributed by atoms with Crippen LogP contribution >= 0.6 is 0 Å². The van der Waals surface area contributed by atoms with E-state index in [1.54, 1.807) is 0 Å².